The van der Waals surface area contributed by atoms with Crippen molar-refractivity contribution in [1.82, 2.24) is 5.32 Å². The molecule has 0 amide bonds. The second kappa shape index (κ2) is 5.79. The Morgan fingerprint density at radius 1 is 1.17 bits per heavy atom. The lowest BCUT2D eigenvalue weighted by Gasteiger charge is -2.35. The molecule has 0 saturated heterocycles. The van der Waals surface area contributed by atoms with E-state index in [1.54, 1.807) is 19.1 Å². The molecule has 0 heterocycles. The zero-order valence-corrected chi connectivity index (χ0v) is 11.9. The van der Waals surface area contributed by atoms with Gasteiger partial charge in [-0.25, -0.2) is 8.78 Å². The van der Waals surface area contributed by atoms with Gasteiger partial charge in [-0.15, -0.1) is 0 Å². The number of hydrogen-bond acceptors (Lipinski definition) is 1. The van der Waals surface area contributed by atoms with Gasteiger partial charge in [-0.3, -0.25) is 0 Å². The molecule has 1 rings (SSSR count). The van der Waals surface area contributed by atoms with Crippen molar-refractivity contribution < 1.29 is 8.78 Å². The molecule has 1 aromatic carbocycles. The summed E-state index contributed by atoms with van der Waals surface area (Å²) in [5.41, 5.74) is 0.644. The van der Waals surface area contributed by atoms with E-state index >= 15 is 0 Å². The van der Waals surface area contributed by atoms with E-state index in [4.69, 9.17) is 0 Å². The summed E-state index contributed by atoms with van der Waals surface area (Å²) in [7, 11) is 0. The lowest BCUT2D eigenvalue weighted by molar-refractivity contribution is 0.230. The van der Waals surface area contributed by atoms with Crippen molar-refractivity contribution in [2.24, 2.45) is 5.41 Å². The van der Waals surface area contributed by atoms with E-state index in [0.717, 1.165) is 13.0 Å². The fourth-order valence-corrected chi connectivity index (χ4v) is 2.10. The second-order valence-corrected chi connectivity index (χ2v) is 5.43. The first kappa shape index (κ1) is 15.1. The molecule has 0 aliphatic heterocycles. The van der Waals surface area contributed by atoms with Crippen molar-refractivity contribution in [3.05, 3.63) is 34.9 Å². The average Bonchev–Trinajstić information content (AvgIpc) is 2.34. The molecule has 1 N–H and O–H groups in total. The molecule has 0 aliphatic rings. The lowest BCUT2D eigenvalue weighted by Crippen LogP contribution is -2.34. The first-order valence-corrected chi connectivity index (χ1v) is 6.53. The quantitative estimate of drug-likeness (QED) is 0.824. The summed E-state index contributed by atoms with van der Waals surface area (Å²) < 4.78 is 27.8. The molecule has 0 spiro atoms. The zero-order chi connectivity index (χ0) is 13.9. The monoisotopic (exact) mass is 255 g/mol. The summed E-state index contributed by atoms with van der Waals surface area (Å²) in [5.74, 6) is -1.45. The maximum absolute atomic E-state index is 14.1. The van der Waals surface area contributed by atoms with E-state index in [9.17, 15) is 8.78 Å². The third-order valence-corrected chi connectivity index (χ3v) is 3.72. The van der Waals surface area contributed by atoms with Gasteiger partial charge in [0.15, 0.2) is 11.6 Å². The average molecular weight is 255 g/mol. The van der Waals surface area contributed by atoms with Gasteiger partial charge in [-0.05, 0) is 30.9 Å². The zero-order valence-electron chi connectivity index (χ0n) is 11.9. The molecule has 1 unspecified atom stereocenters. The van der Waals surface area contributed by atoms with Crippen LogP contribution in [0.4, 0.5) is 8.78 Å². The molecule has 3 heteroatoms. The Morgan fingerprint density at radius 2 is 1.78 bits per heavy atom. The van der Waals surface area contributed by atoms with Crippen LogP contribution in [0.25, 0.3) is 0 Å². The molecule has 102 valence electrons. The van der Waals surface area contributed by atoms with Crippen LogP contribution in [0, 0.1) is 24.0 Å². The van der Waals surface area contributed by atoms with E-state index in [2.05, 4.69) is 26.1 Å². The van der Waals surface area contributed by atoms with Crippen LogP contribution in [0.5, 0.6) is 0 Å². The Hall–Kier alpha value is -0.960. The molecule has 0 bridgehead atoms. The van der Waals surface area contributed by atoms with Gasteiger partial charge in [0, 0.05) is 11.6 Å². The first-order valence-electron chi connectivity index (χ1n) is 6.53. The van der Waals surface area contributed by atoms with Crippen LogP contribution in [0.1, 0.15) is 51.3 Å². The Kier molecular flexibility index (Phi) is 4.85. The Balaban J connectivity index is 3.27. The maximum Gasteiger partial charge on any atom is 0.163 e. The fourth-order valence-electron chi connectivity index (χ4n) is 2.10. The van der Waals surface area contributed by atoms with Crippen LogP contribution in [0.2, 0.25) is 0 Å². The van der Waals surface area contributed by atoms with Gasteiger partial charge in [-0.2, -0.15) is 0 Å². The van der Waals surface area contributed by atoms with Gasteiger partial charge < -0.3 is 5.32 Å². The van der Waals surface area contributed by atoms with Crippen molar-refractivity contribution in [3.63, 3.8) is 0 Å². The molecule has 0 fully saturated rings. The van der Waals surface area contributed by atoms with Crippen LogP contribution >= 0.6 is 0 Å². The summed E-state index contributed by atoms with van der Waals surface area (Å²) in [6, 6.07) is 3.16. The first-order chi connectivity index (χ1) is 8.35. The SMILES string of the molecule is CCNC(c1ccc(C)c(F)c1F)C(C)(C)CC. The number of hydrogen-bond donors (Lipinski definition) is 1. The number of nitrogens with one attached hydrogen (secondary N) is 1. The highest BCUT2D eigenvalue weighted by molar-refractivity contribution is 5.29. The molecule has 1 aromatic rings. The smallest absolute Gasteiger partial charge is 0.163 e. The summed E-state index contributed by atoms with van der Waals surface area (Å²) in [6.45, 7) is 10.5. The predicted molar refractivity (Wildman–Crippen MR) is 71.6 cm³/mol. The van der Waals surface area contributed by atoms with Crippen LogP contribution in [0.3, 0.4) is 0 Å². The van der Waals surface area contributed by atoms with Crippen LogP contribution in [-0.2, 0) is 0 Å². The van der Waals surface area contributed by atoms with E-state index < -0.39 is 11.6 Å². The highest BCUT2D eigenvalue weighted by Crippen LogP contribution is 2.38. The van der Waals surface area contributed by atoms with Crippen molar-refractivity contribution in [2.45, 2.75) is 47.1 Å². The number of benzene rings is 1. The Bertz CT molecular complexity index is 413. The van der Waals surface area contributed by atoms with E-state index in [0.29, 0.717) is 11.1 Å². The van der Waals surface area contributed by atoms with Crippen LogP contribution in [0.15, 0.2) is 12.1 Å². The summed E-state index contributed by atoms with van der Waals surface area (Å²) >= 11 is 0. The van der Waals surface area contributed by atoms with Gasteiger partial charge in [-0.1, -0.05) is 39.8 Å². The highest BCUT2D eigenvalue weighted by atomic mass is 19.2. The third kappa shape index (κ3) is 2.89. The largest absolute Gasteiger partial charge is 0.310 e. The summed E-state index contributed by atoms with van der Waals surface area (Å²) in [6.07, 6.45) is 0.888. The minimum absolute atomic E-state index is 0.126. The van der Waals surface area contributed by atoms with E-state index in [1.807, 2.05) is 6.92 Å². The Labute approximate surface area is 109 Å². The fraction of sp³-hybridized carbons (Fsp3) is 0.600. The third-order valence-electron chi connectivity index (χ3n) is 3.72. The second-order valence-electron chi connectivity index (χ2n) is 5.43. The van der Waals surface area contributed by atoms with E-state index in [1.165, 1.54) is 0 Å². The predicted octanol–water partition coefficient (Wildman–Crippen LogP) is 4.36. The minimum Gasteiger partial charge on any atom is -0.310 e. The molecule has 0 aliphatic carbocycles. The van der Waals surface area contributed by atoms with Crippen LogP contribution in [-0.4, -0.2) is 6.54 Å². The summed E-state index contributed by atoms with van der Waals surface area (Å²) in [5, 5.41) is 3.27. The molecule has 18 heavy (non-hydrogen) atoms. The molecule has 1 nitrogen and oxygen atoms in total. The normalized spacial score (nSPS) is 13.7. The Morgan fingerprint density at radius 3 is 2.28 bits per heavy atom. The van der Waals surface area contributed by atoms with Gasteiger partial charge in [0.05, 0.1) is 0 Å². The topological polar surface area (TPSA) is 12.0 Å². The molecule has 0 aromatic heterocycles. The van der Waals surface area contributed by atoms with Crippen molar-refractivity contribution in [2.75, 3.05) is 6.54 Å². The van der Waals surface area contributed by atoms with Gasteiger partial charge in [0.25, 0.3) is 0 Å². The van der Waals surface area contributed by atoms with Crippen molar-refractivity contribution >= 4 is 0 Å². The molecular weight excluding hydrogens is 232 g/mol. The van der Waals surface area contributed by atoms with E-state index in [-0.39, 0.29) is 11.5 Å². The van der Waals surface area contributed by atoms with Gasteiger partial charge in [0.1, 0.15) is 0 Å². The maximum atomic E-state index is 14.1. The van der Waals surface area contributed by atoms with Gasteiger partial charge >= 0.3 is 0 Å². The number of aryl methyl sites for hydroxylation is 1. The standard InChI is InChI=1S/C15H23F2N/c1-6-15(4,5)14(18-7-2)11-9-8-10(3)12(16)13(11)17/h8-9,14,18H,6-7H2,1-5H3. The number of rotatable bonds is 5. The lowest BCUT2D eigenvalue weighted by atomic mass is 9.78. The summed E-state index contributed by atoms with van der Waals surface area (Å²) in [4.78, 5) is 0. The highest BCUT2D eigenvalue weighted by Gasteiger charge is 2.31. The molecule has 0 saturated carbocycles. The molecule has 0 radical (unpaired) electrons. The van der Waals surface area contributed by atoms with Gasteiger partial charge in [0.2, 0.25) is 0 Å². The number of halogens is 2. The minimum atomic E-state index is -0.734. The molecular formula is C15H23F2N. The molecule has 1 atom stereocenters. The van der Waals surface area contributed by atoms with Crippen LogP contribution < -0.4 is 5.32 Å². The van der Waals surface area contributed by atoms with Crippen molar-refractivity contribution in [1.29, 1.82) is 0 Å². The van der Waals surface area contributed by atoms with Crippen molar-refractivity contribution in [3.8, 4) is 0 Å².